The molecular weight excluding hydrogens is 1900 g/mol. The number of aliphatic hydroxyl groups is 5. The van der Waals surface area contributed by atoms with Crippen LogP contribution in [0.5, 0.6) is 5.75 Å². The van der Waals surface area contributed by atoms with Crippen LogP contribution in [-0.2, 0) is 32.1 Å². The first-order chi connectivity index (χ1) is 70.7. The molecule has 22 heteroatoms. The standard InChI is InChI=1S/C25H22N2O2S.2C25H24N2OS.C25H20N2OS.C24H22N2O2S/c1-16(28)19-6-3-5-18(13-19)14-25-26-12-11-22(27-25)24-10-9-23(30-24)21-8-4-7-20(15-21)17(2)29;1-16-6-4-9-21(17(16)2)23-10-11-24(29-23)22-12-13-26-25(27-22)15-19-7-5-8-20(14-19)18(3)28;1-16-7-8-17(2)21(13-16)23-9-10-24(29-23)22-11-12-26-25(27-22)15-19-5-4-6-20(14-19)18(3)28;1-3-18-6-4-9-21(14-18)23-10-11-24(29-23)22-12-13-26-25(27-22)16-19-7-5-8-20(15-19)17(2)28;1-16(27)18-7-5-6-17(14-18)15-24-25-13-12-20(26-24)23-11-10-22(29-23)19-8-3-4-9-21(19)28-2/h3-13,15-16,28H,14H2,1-2H3;2*4-14,18,28H,15H2,1-3H3;1,4-15,17,28H,16H2,2H3;3-14,16,27H,15H2,1-2H3. The lowest BCUT2D eigenvalue weighted by atomic mass is 10.0. The zero-order valence-corrected chi connectivity index (χ0v) is 87.1. The van der Waals surface area contributed by atoms with Crippen LogP contribution in [0.4, 0.5) is 0 Å². The molecule has 10 aromatic heterocycles. The Labute approximate surface area is 873 Å². The van der Waals surface area contributed by atoms with Gasteiger partial charge in [0.1, 0.15) is 34.9 Å². The average Bonchev–Trinajstić information content (AvgIpc) is 1.66. The smallest absolute Gasteiger partial charge is 0.159 e. The first-order valence-corrected chi connectivity index (χ1v) is 52.3. The van der Waals surface area contributed by atoms with Crippen molar-refractivity contribution in [1.82, 2.24) is 49.8 Å². The van der Waals surface area contributed by atoms with Crippen molar-refractivity contribution in [2.75, 3.05) is 7.11 Å². The van der Waals surface area contributed by atoms with Crippen molar-refractivity contribution in [2.45, 2.75) is 132 Å². The van der Waals surface area contributed by atoms with Crippen LogP contribution in [0.2, 0.25) is 0 Å². The summed E-state index contributed by atoms with van der Waals surface area (Å²) >= 11 is 8.54. The van der Waals surface area contributed by atoms with Crippen LogP contribution >= 0.6 is 56.7 Å². The summed E-state index contributed by atoms with van der Waals surface area (Å²) in [6.45, 7) is 19.0. The molecule has 5 atom stereocenters. The summed E-state index contributed by atoms with van der Waals surface area (Å²) in [7, 11) is 1.69. The van der Waals surface area contributed by atoms with E-state index >= 15 is 0 Å². The van der Waals surface area contributed by atoms with Gasteiger partial charge in [-0.25, -0.2) is 49.8 Å². The van der Waals surface area contributed by atoms with E-state index in [-0.39, 0.29) is 5.78 Å². The molecular formula is C124H112N10O7S5. The Morgan fingerprint density at radius 1 is 0.308 bits per heavy atom. The summed E-state index contributed by atoms with van der Waals surface area (Å²) in [5.41, 5.74) is 27.1. The normalized spacial score (nSPS) is 12.0. The number of thiophene rings is 5. The van der Waals surface area contributed by atoms with E-state index in [0.29, 0.717) is 37.7 Å². The van der Waals surface area contributed by atoms with Crippen LogP contribution in [0.15, 0.2) is 353 Å². The number of carbonyl (C=O) groups excluding carboxylic acids is 1. The Balaban J connectivity index is 0.000000131. The van der Waals surface area contributed by atoms with Gasteiger partial charge in [0.05, 0.1) is 90.5 Å². The summed E-state index contributed by atoms with van der Waals surface area (Å²) in [5.74, 6) is 7.44. The molecule has 17 nitrogen and oxygen atoms in total. The molecule has 146 heavy (non-hydrogen) atoms. The van der Waals surface area contributed by atoms with Gasteiger partial charge in [-0.3, -0.25) is 4.79 Å². The Morgan fingerprint density at radius 2 is 0.616 bits per heavy atom. The van der Waals surface area contributed by atoms with Crippen LogP contribution in [0.1, 0.15) is 195 Å². The van der Waals surface area contributed by atoms with Crippen molar-refractivity contribution >= 4 is 62.5 Å². The third-order valence-electron chi connectivity index (χ3n) is 24.6. The number of ketones is 1. The highest BCUT2D eigenvalue weighted by Crippen LogP contribution is 2.43. The Kier molecular flexibility index (Phi) is 35.2. The number of para-hydroxylation sites is 1. The number of Topliss-reactive ketones (excluding diaryl/α,β-unsaturated/α-hetero) is 1. The number of aliphatic hydroxyl groups excluding tert-OH is 5. The molecule has 730 valence electrons. The van der Waals surface area contributed by atoms with Gasteiger partial charge in [0.15, 0.2) is 5.78 Å². The summed E-state index contributed by atoms with van der Waals surface area (Å²) in [6.07, 6.45) is 15.3. The van der Waals surface area contributed by atoms with Crippen molar-refractivity contribution in [3.8, 4) is 123 Å². The average molecular weight is 2010 g/mol. The number of carbonyl (C=O) groups is 1. The second kappa shape index (κ2) is 49.5. The highest BCUT2D eigenvalue weighted by molar-refractivity contribution is 7.20. The Bertz CT molecular complexity index is 7810. The summed E-state index contributed by atoms with van der Waals surface area (Å²) in [4.78, 5) is 69.2. The molecule has 0 amide bonds. The van der Waals surface area contributed by atoms with Crippen molar-refractivity contribution in [3.05, 3.63) is 471 Å². The number of rotatable bonds is 27. The minimum Gasteiger partial charge on any atom is -0.496 e. The maximum Gasteiger partial charge on any atom is 0.159 e. The molecule has 0 radical (unpaired) electrons. The van der Waals surface area contributed by atoms with Crippen LogP contribution in [0, 0.1) is 40.0 Å². The fourth-order valence-corrected chi connectivity index (χ4v) is 21.5. The molecule has 10 heterocycles. The van der Waals surface area contributed by atoms with Crippen molar-refractivity contribution < 1.29 is 35.1 Å². The molecule has 5 unspecified atom stereocenters. The molecule has 20 aromatic rings. The third-order valence-corrected chi connectivity index (χ3v) is 30.3. The van der Waals surface area contributed by atoms with Gasteiger partial charge in [-0.2, -0.15) is 0 Å². The predicted octanol–water partition coefficient (Wildman–Crippen LogP) is 29.0. The maximum absolute atomic E-state index is 11.7. The topological polar surface area (TPSA) is 256 Å². The van der Waals surface area contributed by atoms with Crippen LogP contribution < -0.4 is 4.74 Å². The van der Waals surface area contributed by atoms with Gasteiger partial charge in [-0.1, -0.05) is 212 Å². The van der Waals surface area contributed by atoms with Crippen molar-refractivity contribution in [3.63, 3.8) is 0 Å². The number of ether oxygens (including phenoxy) is 1. The molecule has 0 saturated carbocycles. The van der Waals surface area contributed by atoms with Crippen LogP contribution in [0.25, 0.3) is 105 Å². The lowest BCUT2D eigenvalue weighted by Gasteiger charge is -2.08. The number of hydrogen-bond donors (Lipinski definition) is 5. The Morgan fingerprint density at radius 3 is 0.973 bits per heavy atom. The predicted molar refractivity (Wildman–Crippen MR) is 597 cm³/mol. The minimum atomic E-state index is -0.497. The maximum atomic E-state index is 11.7. The summed E-state index contributed by atoms with van der Waals surface area (Å²) < 4.78 is 5.49. The number of aromatic nitrogens is 10. The zero-order valence-electron chi connectivity index (χ0n) is 83.1. The van der Waals surface area contributed by atoms with E-state index in [4.69, 9.17) is 36.1 Å². The lowest BCUT2D eigenvalue weighted by molar-refractivity contribution is 0.101. The summed E-state index contributed by atoms with van der Waals surface area (Å²) in [5, 5.41) is 49.0. The number of nitrogens with zero attached hydrogens (tertiary/aromatic N) is 10. The third kappa shape index (κ3) is 27.7. The van der Waals surface area contributed by atoms with Crippen molar-refractivity contribution in [2.24, 2.45) is 0 Å². The lowest BCUT2D eigenvalue weighted by Crippen LogP contribution is -1.99. The van der Waals surface area contributed by atoms with Gasteiger partial charge in [0.25, 0.3) is 0 Å². The fraction of sp³-hybridized carbons (Fsp3) is 0.169. The fourth-order valence-electron chi connectivity index (χ4n) is 16.5. The SMILES string of the molecule is C#Cc1cccc(-c2ccc(-c3ccnc(Cc4cccc(C(C)O)c4)n3)s2)c1.CC(=O)c1cccc(-c2ccc(-c3ccnc(Cc4cccc(C(C)O)c4)n3)s2)c1.COc1ccccc1-c1ccc(-c2ccnc(Cc3cccc(C(C)O)c3)n2)s1.Cc1ccc(C)c(-c2ccc(-c3ccnc(Cc4cccc(C(C)O)c4)n3)s2)c1.Cc1cccc(-c2ccc(-c3ccnc(Cc4cccc(C(C)O)c4)n3)s2)c1C. The van der Waals surface area contributed by atoms with Gasteiger partial charge in [0.2, 0.25) is 0 Å². The molecule has 0 aliphatic rings. The molecule has 20 rings (SSSR count). The molecule has 0 aliphatic heterocycles. The number of benzene rings is 10. The molecule has 0 saturated heterocycles. The van der Waals surface area contributed by atoms with E-state index in [1.54, 1.807) is 124 Å². The number of aryl methyl sites for hydroxylation is 3. The van der Waals surface area contributed by atoms with E-state index in [2.05, 4.69) is 168 Å². The largest absolute Gasteiger partial charge is 0.496 e. The first kappa shape index (κ1) is 104. The van der Waals surface area contributed by atoms with Crippen molar-refractivity contribution in [1.29, 1.82) is 0 Å². The van der Waals surface area contributed by atoms with E-state index in [0.717, 1.165) is 180 Å². The van der Waals surface area contributed by atoms with Crippen LogP contribution in [0.3, 0.4) is 0 Å². The molecule has 0 aliphatic carbocycles. The molecule has 0 spiro atoms. The molecule has 5 N–H and O–H groups in total. The highest BCUT2D eigenvalue weighted by atomic mass is 32.1. The van der Waals surface area contributed by atoms with Gasteiger partial charge in [-0.05, 0) is 285 Å². The van der Waals surface area contributed by atoms with Gasteiger partial charge < -0.3 is 30.3 Å². The molecule has 10 aromatic carbocycles. The van der Waals surface area contributed by atoms with Gasteiger partial charge >= 0.3 is 0 Å². The number of terminal acetylenes is 1. The quantitative estimate of drug-likeness (QED) is 0.0237. The second-order valence-corrected chi connectivity index (χ2v) is 41.1. The van der Waals surface area contributed by atoms with E-state index < -0.39 is 30.5 Å². The molecule has 0 bridgehead atoms. The first-order valence-electron chi connectivity index (χ1n) is 48.2. The highest BCUT2D eigenvalue weighted by Gasteiger charge is 2.20. The zero-order chi connectivity index (χ0) is 102. The minimum absolute atomic E-state index is 0.0636. The number of methoxy groups -OCH3 is 1. The van der Waals surface area contributed by atoms with E-state index in [9.17, 15) is 30.3 Å². The van der Waals surface area contributed by atoms with Gasteiger partial charge in [-0.15, -0.1) is 63.1 Å². The van der Waals surface area contributed by atoms with Gasteiger partial charge in [0, 0.05) is 104 Å². The van der Waals surface area contributed by atoms with E-state index in [1.807, 2.05) is 225 Å². The molecule has 0 fully saturated rings. The monoisotopic (exact) mass is 2010 g/mol. The van der Waals surface area contributed by atoms with E-state index in [1.165, 1.54) is 43.1 Å². The van der Waals surface area contributed by atoms with Crippen LogP contribution in [-0.4, -0.2) is 88.3 Å². The summed E-state index contributed by atoms with van der Waals surface area (Å²) in [6, 6.07) is 107. The second-order valence-electron chi connectivity index (χ2n) is 35.7. The Hall–Kier alpha value is -15.1. The number of hydrogen-bond acceptors (Lipinski definition) is 22.